The van der Waals surface area contributed by atoms with Crippen molar-refractivity contribution in [3.05, 3.63) is 36.2 Å². The summed E-state index contributed by atoms with van der Waals surface area (Å²) in [5, 5.41) is 18.6. The zero-order valence-electron chi connectivity index (χ0n) is 9.22. The second-order valence-electron chi connectivity index (χ2n) is 3.47. The number of aryl methyl sites for hydroxylation is 1. The highest BCUT2D eigenvalue weighted by Gasteiger charge is 2.01. The summed E-state index contributed by atoms with van der Waals surface area (Å²) in [6.07, 6.45) is 4.85. The van der Waals surface area contributed by atoms with Gasteiger partial charge in [-0.15, -0.1) is 0 Å². The minimum Gasteiger partial charge on any atom is -0.383 e. The predicted octanol–water partition coefficient (Wildman–Crippen LogP) is 1.12. The lowest BCUT2D eigenvalue weighted by Gasteiger charge is -2.05. The van der Waals surface area contributed by atoms with Crippen molar-refractivity contribution in [1.82, 2.24) is 20.2 Å². The largest absolute Gasteiger partial charge is 0.383 e. The summed E-state index contributed by atoms with van der Waals surface area (Å²) in [5.74, 6) is 0.874. The number of hydrogen-bond acceptors (Lipinski definition) is 5. The van der Waals surface area contributed by atoms with Crippen molar-refractivity contribution in [1.29, 1.82) is 5.26 Å². The molecule has 0 radical (unpaired) electrons. The van der Waals surface area contributed by atoms with E-state index in [2.05, 4.69) is 25.5 Å². The van der Waals surface area contributed by atoms with Crippen molar-refractivity contribution in [3.8, 4) is 6.07 Å². The molecule has 0 aliphatic rings. The molecule has 0 aliphatic carbocycles. The quantitative estimate of drug-likeness (QED) is 0.748. The van der Waals surface area contributed by atoms with Crippen molar-refractivity contribution in [2.75, 3.05) is 11.9 Å². The van der Waals surface area contributed by atoms with Crippen LogP contribution < -0.4 is 5.32 Å². The van der Waals surface area contributed by atoms with Crippen LogP contribution in [0.25, 0.3) is 0 Å². The molecule has 2 N–H and O–H groups in total. The maximum atomic E-state index is 8.85. The lowest BCUT2D eigenvalue weighted by Crippen LogP contribution is -2.05. The minimum atomic E-state index is 0.423. The first-order valence-corrected chi connectivity index (χ1v) is 5.33. The molecule has 6 nitrogen and oxygen atoms in total. The number of H-pyrrole nitrogens is 1. The molecular formula is C11H12N6. The van der Waals surface area contributed by atoms with Crippen molar-refractivity contribution in [3.63, 3.8) is 0 Å². The van der Waals surface area contributed by atoms with Crippen LogP contribution in [-0.4, -0.2) is 26.7 Å². The average molecular weight is 228 g/mol. The first kappa shape index (κ1) is 11.1. The molecule has 86 valence electrons. The monoisotopic (exact) mass is 228 g/mol. The standard InChI is InChI=1S/C11H12N6/c12-7-10-9(3-1-5-14-10)13-6-2-4-11-15-8-16-17-11/h1,3,5,8,13H,2,4,6H2,(H,15,16,17). The molecule has 0 bridgehead atoms. The third-order valence-electron chi connectivity index (χ3n) is 2.28. The van der Waals surface area contributed by atoms with Crippen molar-refractivity contribution in [2.24, 2.45) is 0 Å². The molecule has 0 aliphatic heterocycles. The van der Waals surface area contributed by atoms with Gasteiger partial charge in [0.05, 0.1) is 5.69 Å². The summed E-state index contributed by atoms with van der Waals surface area (Å²) < 4.78 is 0. The SMILES string of the molecule is N#Cc1ncccc1NCCCc1ncn[nH]1. The fourth-order valence-electron chi connectivity index (χ4n) is 1.47. The Kier molecular flexibility index (Phi) is 3.65. The summed E-state index contributed by atoms with van der Waals surface area (Å²) in [6, 6.07) is 5.70. The summed E-state index contributed by atoms with van der Waals surface area (Å²) >= 11 is 0. The number of nitrogens with zero attached hydrogens (tertiary/aromatic N) is 4. The fraction of sp³-hybridized carbons (Fsp3) is 0.273. The van der Waals surface area contributed by atoms with E-state index >= 15 is 0 Å². The van der Waals surface area contributed by atoms with Gasteiger partial charge in [-0.2, -0.15) is 10.4 Å². The predicted molar refractivity (Wildman–Crippen MR) is 62.1 cm³/mol. The van der Waals surface area contributed by atoms with Crippen LogP contribution in [0.5, 0.6) is 0 Å². The van der Waals surface area contributed by atoms with E-state index in [9.17, 15) is 0 Å². The Morgan fingerprint density at radius 3 is 3.12 bits per heavy atom. The number of aromatic amines is 1. The van der Waals surface area contributed by atoms with Gasteiger partial charge < -0.3 is 5.32 Å². The number of nitrogens with one attached hydrogen (secondary N) is 2. The Hall–Kier alpha value is -2.42. The Morgan fingerprint density at radius 2 is 2.35 bits per heavy atom. The van der Waals surface area contributed by atoms with Crippen LogP contribution in [0.4, 0.5) is 5.69 Å². The average Bonchev–Trinajstić information content (AvgIpc) is 2.88. The lowest BCUT2D eigenvalue weighted by atomic mass is 10.2. The van der Waals surface area contributed by atoms with Gasteiger partial charge in [0.15, 0.2) is 5.69 Å². The van der Waals surface area contributed by atoms with Gasteiger partial charge in [-0.05, 0) is 18.6 Å². The molecule has 0 fully saturated rings. The Balaban J connectivity index is 1.80. The van der Waals surface area contributed by atoms with E-state index in [-0.39, 0.29) is 0 Å². The summed E-state index contributed by atoms with van der Waals surface area (Å²) in [5.41, 5.74) is 1.19. The van der Waals surface area contributed by atoms with Gasteiger partial charge in [0, 0.05) is 19.2 Å². The first-order valence-electron chi connectivity index (χ1n) is 5.33. The topological polar surface area (TPSA) is 90.3 Å². The Bertz CT molecular complexity index is 499. The number of pyridine rings is 1. The first-order chi connectivity index (χ1) is 8.40. The van der Waals surface area contributed by atoms with Gasteiger partial charge in [0.1, 0.15) is 18.2 Å². The fourth-order valence-corrected chi connectivity index (χ4v) is 1.47. The van der Waals surface area contributed by atoms with E-state index < -0.39 is 0 Å². The maximum absolute atomic E-state index is 8.85. The highest BCUT2D eigenvalue weighted by Crippen LogP contribution is 2.10. The van der Waals surface area contributed by atoms with Gasteiger partial charge in [-0.3, -0.25) is 5.10 Å². The van der Waals surface area contributed by atoms with Crippen LogP contribution in [0.3, 0.4) is 0 Å². The molecule has 2 rings (SSSR count). The number of nitriles is 1. The second-order valence-corrected chi connectivity index (χ2v) is 3.47. The van der Waals surface area contributed by atoms with Gasteiger partial charge in [-0.25, -0.2) is 9.97 Å². The lowest BCUT2D eigenvalue weighted by molar-refractivity contribution is 0.805. The van der Waals surface area contributed by atoms with Crippen LogP contribution in [0, 0.1) is 11.3 Å². The number of anilines is 1. The molecule has 2 heterocycles. The van der Waals surface area contributed by atoms with Crippen molar-refractivity contribution in [2.45, 2.75) is 12.8 Å². The number of rotatable bonds is 5. The molecule has 17 heavy (non-hydrogen) atoms. The highest BCUT2D eigenvalue weighted by molar-refractivity contribution is 5.53. The second kappa shape index (κ2) is 5.61. The maximum Gasteiger partial charge on any atom is 0.163 e. The molecule has 0 aromatic carbocycles. The molecular weight excluding hydrogens is 216 g/mol. The van der Waals surface area contributed by atoms with Gasteiger partial charge in [0.25, 0.3) is 0 Å². The van der Waals surface area contributed by atoms with Crippen LogP contribution >= 0.6 is 0 Å². The molecule has 0 unspecified atom stereocenters. The van der Waals surface area contributed by atoms with E-state index in [1.54, 1.807) is 12.3 Å². The third-order valence-corrected chi connectivity index (χ3v) is 2.28. The van der Waals surface area contributed by atoms with Crippen LogP contribution in [0.1, 0.15) is 17.9 Å². The van der Waals surface area contributed by atoms with Crippen molar-refractivity contribution >= 4 is 5.69 Å². The summed E-state index contributed by atoms with van der Waals surface area (Å²) in [4.78, 5) is 8.01. The number of hydrogen-bond donors (Lipinski definition) is 2. The highest BCUT2D eigenvalue weighted by atomic mass is 15.2. The van der Waals surface area contributed by atoms with Crippen LogP contribution in [0.15, 0.2) is 24.7 Å². The molecule has 6 heteroatoms. The Morgan fingerprint density at radius 1 is 1.41 bits per heavy atom. The molecule has 2 aromatic heterocycles. The van der Waals surface area contributed by atoms with E-state index in [4.69, 9.17) is 5.26 Å². The van der Waals surface area contributed by atoms with Crippen molar-refractivity contribution < 1.29 is 0 Å². The normalized spacial score (nSPS) is 9.82. The molecule has 0 saturated heterocycles. The van der Waals surface area contributed by atoms with Gasteiger partial charge >= 0.3 is 0 Å². The minimum absolute atomic E-state index is 0.423. The van der Waals surface area contributed by atoms with E-state index in [1.165, 1.54) is 6.33 Å². The molecule has 0 amide bonds. The molecule has 0 saturated carbocycles. The summed E-state index contributed by atoms with van der Waals surface area (Å²) in [7, 11) is 0. The van der Waals surface area contributed by atoms with E-state index in [1.807, 2.05) is 12.1 Å². The van der Waals surface area contributed by atoms with E-state index in [0.29, 0.717) is 5.69 Å². The van der Waals surface area contributed by atoms with Gasteiger partial charge in [0.2, 0.25) is 0 Å². The van der Waals surface area contributed by atoms with Crippen LogP contribution in [0.2, 0.25) is 0 Å². The molecule has 0 atom stereocenters. The zero-order chi connectivity index (χ0) is 11.9. The zero-order valence-corrected chi connectivity index (χ0v) is 9.22. The van der Waals surface area contributed by atoms with E-state index in [0.717, 1.165) is 30.9 Å². The van der Waals surface area contributed by atoms with Crippen LogP contribution in [-0.2, 0) is 6.42 Å². The number of aromatic nitrogens is 4. The smallest absolute Gasteiger partial charge is 0.163 e. The third kappa shape index (κ3) is 3.01. The summed E-state index contributed by atoms with van der Waals surface area (Å²) in [6.45, 7) is 0.765. The van der Waals surface area contributed by atoms with Gasteiger partial charge in [-0.1, -0.05) is 0 Å². The molecule has 0 spiro atoms. The Labute approximate surface area is 98.7 Å². The molecule has 2 aromatic rings.